The van der Waals surface area contributed by atoms with Crippen LogP contribution in [-0.4, -0.2) is 55.7 Å². The van der Waals surface area contributed by atoms with Crippen LogP contribution in [-0.2, 0) is 4.74 Å². The van der Waals surface area contributed by atoms with Gasteiger partial charge in [-0.1, -0.05) is 12.1 Å². The maximum absolute atomic E-state index is 13.4. The first-order valence-corrected chi connectivity index (χ1v) is 9.66. The van der Waals surface area contributed by atoms with E-state index in [0.717, 1.165) is 29.9 Å². The van der Waals surface area contributed by atoms with Gasteiger partial charge in [-0.25, -0.2) is 4.39 Å². The fourth-order valence-corrected chi connectivity index (χ4v) is 3.68. The van der Waals surface area contributed by atoms with E-state index in [0.29, 0.717) is 30.8 Å². The summed E-state index contributed by atoms with van der Waals surface area (Å²) in [4.78, 5) is 18.1. The van der Waals surface area contributed by atoms with E-state index in [1.165, 1.54) is 12.1 Å². The highest BCUT2D eigenvalue weighted by molar-refractivity contribution is 5.98. The third-order valence-electron chi connectivity index (χ3n) is 5.27. The summed E-state index contributed by atoms with van der Waals surface area (Å²) >= 11 is 0. The van der Waals surface area contributed by atoms with E-state index in [1.54, 1.807) is 19.2 Å². The zero-order valence-electron chi connectivity index (χ0n) is 16.3. The molecule has 1 atom stereocenters. The third kappa shape index (κ3) is 4.41. The molecule has 1 aliphatic heterocycles. The van der Waals surface area contributed by atoms with Crippen LogP contribution in [0.2, 0.25) is 0 Å². The normalized spacial score (nSPS) is 15.9. The SMILES string of the molecule is COc1ccc(C(CNC(=O)c2cc3cc(F)ccc3[nH]2)N2CCOCC2)cc1. The Labute approximate surface area is 168 Å². The number of methoxy groups -OCH3 is 1. The number of halogens is 1. The number of benzene rings is 2. The largest absolute Gasteiger partial charge is 0.497 e. The molecule has 1 aromatic heterocycles. The molecule has 0 spiro atoms. The van der Waals surface area contributed by atoms with Gasteiger partial charge >= 0.3 is 0 Å². The quantitative estimate of drug-likeness (QED) is 0.671. The molecule has 0 radical (unpaired) electrons. The molecule has 1 unspecified atom stereocenters. The molecular weight excluding hydrogens is 373 g/mol. The summed E-state index contributed by atoms with van der Waals surface area (Å²) < 4.78 is 24.1. The number of rotatable bonds is 6. The average molecular weight is 397 g/mol. The molecule has 1 amide bonds. The molecule has 2 N–H and O–H groups in total. The molecule has 0 saturated carbocycles. The van der Waals surface area contributed by atoms with Gasteiger partial charge in [0.25, 0.3) is 5.91 Å². The van der Waals surface area contributed by atoms with Crippen LogP contribution < -0.4 is 10.1 Å². The lowest BCUT2D eigenvalue weighted by atomic mass is 10.0. The third-order valence-corrected chi connectivity index (χ3v) is 5.27. The summed E-state index contributed by atoms with van der Waals surface area (Å²) in [6, 6.07) is 14.0. The molecule has 0 aliphatic carbocycles. The number of fused-ring (bicyclic) bond motifs is 1. The first kappa shape index (κ1) is 19.4. The van der Waals surface area contributed by atoms with E-state index in [-0.39, 0.29) is 17.8 Å². The van der Waals surface area contributed by atoms with Gasteiger partial charge in [0.05, 0.1) is 26.4 Å². The van der Waals surface area contributed by atoms with E-state index in [4.69, 9.17) is 9.47 Å². The fourth-order valence-electron chi connectivity index (χ4n) is 3.68. The van der Waals surface area contributed by atoms with Crippen LogP contribution in [0.15, 0.2) is 48.5 Å². The minimum Gasteiger partial charge on any atom is -0.497 e. The monoisotopic (exact) mass is 397 g/mol. The van der Waals surface area contributed by atoms with Crippen molar-refractivity contribution in [2.24, 2.45) is 0 Å². The van der Waals surface area contributed by atoms with Crippen LogP contribution in [0.1, 0.15) is 22.1 Å². The van der Waals surface area contributed by atoms with Crippen LogP contribution >= 0.6 is 0 Å². The summed E-state index contributed by atoms with van der Waals surface area (Å²) in [7, 11) is 1.64. The number of carbonyl (C=O) groups is 1. The van der Waals surface area contributed by atoms with Crippen molar-refractivity contribution in [1.82, 2.24) is 15.2 Å². The number of morpholine rings is 1. The summed E-state index contributed by atoms with van der Waals surface area (Å²) in [5, 5.41) is 3.70. The Balaban J connectivity index is 1.50. The number of nitrogens with zero attached hydrogens (tertiary/aromatic N) is 1. The number of ether oxygens (including phenoxy) is 2. The molecule has 0 bridgehead atoms. The number of aromatic nitrogens is 1. The van der Waals surface area contributed by atoms with Gasteiger partial charge in [-0.3, -0.25) is 9.69 Å². The van der Waals surface area contributed by atoms with Gasteiger partial charge in [0.2, 0.25) is 0 Å². The lowest BCUT2D eigenvalue weighted by Gasteiger charge is -2.35. The summed E-state index contributed by atoms with van der Waals surface area (Å²) in [5.41, 5.74) is 2.25. The Kier molecular flexibility index (Phi) is 5.78. The van der Waals surface area contributed by atoms with Gasteiger partial charge in [-0.05, 0) is 42.0 Å². The van der Waals surface area contributed by atoms with Crippen LogP contribution in [0.3, 0.4) is 0 Å². The number of H-pyrrole nitrogens is 1. The zero-order chi connectivity index (χ0) is 20.2. The number of nitrogens with one attached hydrogen (secondary N) is 2. The van der Waals surface area contributed by atoms with Gasteiger partial charge in [0, 0.05) is 30.5 Å². The van der Waals surface area contributed by atoms with Crippen molar-refractivity contribution in [2.45, 2.75) is 6.04 Å². The van der Waals surface area contributed by atoms with Crippen molar-refractivity contribution in [3.63, 3.8) is 0 Å². The van der Waals surface area contributed by atoms with Crippen molar-refractivity contribution in [1.29, 1.82) is 0 Å². The van der Waals surface area contributed by atoms with Gasteiger partial charge in [0.1, 0.15) is 17.3 Å². The Bertz CT molecular complexity index is 981. The zero-order valence-corrected chi connectivity index (χ0v) is 16.3. The van der Waals surface area contributed by atoms with Crippen molar-refractivity contribution in [3.05, 3.63) is 65.6 Å². The van der Waals surface area contributed by atoms with Crippen molar-refractivity contribution >= 4 is 16.8 Å². The molecule has 6 nitrogen and oxygen atoms in total. The molecule has 1 saturated heterocycles. The molecule has 152 valence electrons. The van der Waals surface area contributed by atoms with Gasteiger partial charge < -0.3 is 19.8 Å². The van der Waals surface area contributed by atoms with E-state index >= 15 is 0 Å². The second kappa shape index (κ2) is 8.63. The average Bonchev–Trinajstić information content (AvgIpc) is 3.18. The minimum atomic E-state index is -0.324. The molecule has 4 rings (SSSR count). The Morgan fingerprint density at radius 2 is 1.97 bits per heavy atom. The van der Waals surface area contributed by atoms with Gasteiger partial charge in [-0.15, -0.1) is 0 Å². The smallest absolute Gasteiger partial charge is 0.267 e. The number of hydrogen-bond acceptors (Lipinski definition) is 4. The summed E-state index contributed by atoms with van der Waals surface area (Å²) in [6.07, 6.45) is 0. The van der Waals surface area contributed by atoms with Crippen molar-refractivity contribution < 1.29 is 18.7 Å². The highest BCUT2D eigenvalue weighted by atomic mass is 19.1. The molecule has 2 aromatic carbocycles. The predicted octanol–water partition coefficient (Wildman–Crippen LogP) is 3.12. The lowest BCUT2D eigenvalue weighted by Crippen LogP contribution is -2.43. The number of hydrogen-bond donors (Lipinski definition) is 2. The molecule has 1 aliphatic rings. The van der Waals surface area contributed by atoms with Crippen LogP contribution in [0, 0.1) is 5.82 Å². The van der Waals surface area contributed by atoms with E-state index < -0.39 is 0 Å². The molecule has 29 heavy (non-hydrogen) atoms. The Morgan fingerprint density at radius 3 is 2.69 bits per heavy atom. The molecule has 2 heterocycles. The van der Waals surface area contributed by atoms with Crippen molar-refractivity contribution in [2.75, 3.05) is 40.0 Å². The van der Waals surface area contributed by atoms with E-state index in [9.17, 15) is 9.18 Å². The maximum atomic E-state index is 13.4. The topological polar surface area (TPSA) is 66.6 Å². The number of aromatic amines is 1. The highest BCUT2D eigenvalue weighted by Gasteiger charge is 2.24. The van der Waals surface area contributed by atoms with Crippen LogP contribution in [0.4, 0.5) is 4.39 Å². The summed E-state index contributed by atoms with van der Waals surface area (Å²) in [5.74, 6) is 0.257. The highest BCUT2D eigenvalue weighted by Crippen LogP contribution is 2.24. The first-order chi connectivity index (χ1) is 14.1. The molecule has 7 heteroatoms. The van der Waals surface area contributed by atoms with Crippen LogP contribution in [0.5, 0.6) is 5.75 Å². The van der Waals surface area contributed by atoms with Gasteiger partial charge in [-0.2, -0.15) is 0 Å². The van der Waals surface area contributed by atoms with E-state index in [1.807, 2.05) is 24.3 Å². The first-order valence-electron chi connectivity index (χ1n) is 9.66. The Morgan fingerprint density at radius 1 is 1.21 bits per heavy atom. The minimum absolute atomic E-state index is 0.0237. The molecule has 3 aromatic rings. The fraction of sp³-hybridized carbons (Fsp3) is 0.318. The lowest BCUT2D eigenvalue weighted by molar-refractivity contribution is 0.0162. The summed E-state index contributed by atoms with van der Waals surface area (Å²) in [6.45, 7) is 3.41. The van der Waals surface area contributed by atoms with E-state index in [2.05, 4.69) is 15.2 Å². The second-order valence-electron chi connectivity index (χ2n) is 7.06. The maximum Gasteiger partial charge on any atom is 0.267 e. The predicted molar refractivity (Wildman–Crippen MR) is 109 cm³/mol. The van der Waals surface area contributed by atoms with Crippen LogP contribution in [0.25, 0.3) is 10.9 Å². The number of carbonyl (C=O) groups excluding carboxylic acids is 1. The number of amides is 1. The molecular formula is C22H24FN3O3. The molecule has 1 fully saturated rings. The Hall–Kier alpha value is -2.90. The van der Waals surface area contributed by atoms with Crippen molar-refractivity contribution in [3.8, 4) is 5.75 Å². The second-order valence-corrected chi connectivity index (χ2v) is 7.06. The van der Waals surface area contributed by atoms with Gasteiger partial charge in [0.15, 0.2) is 0 Å². The standard InChI is InChI=1S/C22H24FN3O3/c1-28-18-5-2-15(3-6-18)21(26-8-10-29-11-9-26)14-24-22(27)20-13-16-12-17(23)4-7-19(16)25-20/h2-7,12-13,21,25H,8-11,14H2,1H3,(H,24,27).